The average Bonchev–Trinajstić information content (AvgIpc) is 2.82. The van der Waals surface area contributed by atoms with Gasteiger partial charge in [0.2, 0.25) is 0 Å². The Bertz CT molecular complexity index is 468. The Morgan fingerprint density at radius 2 is 0.943 bits per heavy atom. The van der Waals surface area contributed by atoms with Gasteiger partial charge < -0.3 is 25.2 Å². The first-order chi connectivity index (χ1) is 16.7. The van der Waals surface area contributed by atoms with Crippen LogP contribution in [0.25, 0.3) is 0 Å². The number of carboxylic acids is 2. The number of rotatable bonds is 21. The highest BCUT2D eigenvalue weighted by atomic mass is 16.5. The molecule has 0 saturated heterocycles. The van der Waals surface area contributed by atoms with Gasteiger partial charge in [0, 0.05) is 19.3 Å². The van der Waals surface area contributed by atoms with Crippen molar-refractivity contribution in [3.05, 3.63) is 0 Å². The van der Waals surface area contributed by atoms with E-state index in [4.69, 9.17) is 25.2 Å². The lowest BCUT2D eigenvalue weighted by molar-refractivity contribution is -0.147. The Hall–Kier alpha value is -1.67. The molecule has 0 rings (SSSR count). The third kappa shape index (κ3) is 42.9. The third-order valence-corrected chi connectivity index (χ3v) is 5.12. The zero-order valence-electron chi connectivity index (χ0n) is 22.6. The summed E-state index contributed by atoms with van der Waals surface area (Å²) in [6, 6.07) is 0. The molecule has 0 spiro atoms. The topological polar surface area (TPSA) is 141 Å². The molecular weight excluding hydrogens is 452 g/mol. The van der Waals surface area contributed by atoms with Crippen molar-refractivity contribution in [2.45, 2.75) is 142 Å². The molecule has 8 heteroatoms. The molecule has 0 saturated carbocycles. The molecular formula is C27H54O8. The van der Waals surface area contributed by atoms with Crippen LogP contribution in [0.5, 0.6) is 0 Å². The van der Waals surface area contributed by atoms with Gasteiger partial charge in [-0.05, 0) is 19.3 Å². The van der Waals surface area contributed by atoms with Gasteiger partial charge in [-0.25, -0.2) is 0 Å². The van der Waals surface area contributed by atoms with Gasteiger partial charge in [0.15, 0.2) is 0 Å². The summed E-state index contributed by atoms with van der Waals surface area (Å²) >= 11 is 0. The highest BCUT2D eigenvalue weighted by Crippen LogP contribution is 2.08. The molecule has 0 radical (unpaired) electrons. The largest absolute Gasteiger partial charge is 0.481 e. The van der Waals surface area contributed by atoms with Crippen LogP contribution in [0, 0.1) is 0 Å². The lowest BCUT2D eigenvalue weighted by atomic mass is 10.1. The van der Waals surface area contributed by atoms with E-state index in [9.17, 15) is 14.4 Å². The lowest BCUT2D eigenvalue weighted by Gasteiger charge is -2.07. The predicted octanol–water partition coefficient (Wildman–Crippen LogP) is 6.11. The molecule has 0 aromatic heterocycles. The minimum Gasteiger partial charge on any atom is -0.481 e. The van der Waals surface area contributed by atoms with Gasteiger partial charge in [0.05, 0.1) is 6.61 Å². The zero-order valence-corrected chi connectivity index (χ0v) is 22.6. The maximum atomic E-state index is 10.9. The first kappa shape index (κ1) is 37.9. The molecule has 0 aliphatic rings. The van der Waals surface area contributed by atoms with E-state index >= 15 is 0 Å². The van der Waals surface area contributed by atoms with Crippen LogP contribution in [-0.2, 0) is 19.1 Å². The molecule has 0 amide bonds. The third-order valence-electron chi connectivity index (χ3n) is 5.12. The van der Waals surface area contributed by atoms with Gasteiger partial charge in [0.1, 0.15) is 12.7 Å². The van der Waals surface area contributed by atoms with E-state index in [2.05, 4.69) is 20.8 Å². The van der Waals surface area contributed by atoms with Crippen LogP contribution in [0.3, 0.4) is 0 Å². The summed E-state index contributed by atoms with van der Waals surface area (Å²) in [5.74, 6) is -1.64. The van der Waals surface area contributed by atoms with Gasteiger partial charge in [-0.15, -0.1) is 0 Å². The van der Waals surface area contributed by atoms with E-state index in [1.54, 1.807) is 0 Å². The highest BCUT2D eigenvalue weighted by Gasteiger charge is 2.06. The number of esters is 1. The van der Waals surface area contributed by atoms with Gasteiger partial charge in [-0.3, -0.25) is 14.4 Å². The molecule has 1 unspecified atom stereocenters. The summed E-state index contributed by atoms with van der Waals surface area (Å²) in [5, 5.41) is 33.9. The summed E-state index contributed by atoms with van der Waals surface area (Å²) in [6.07, 6.45) is 16.9. The number of unbranched alkanes of at least 4 members (excludes halogenated alkanes) is 12. The molecule has 0 bridgehead atoms. The highest BCUT2D eigenvalue weighted by molar-refractivity contribution is 5.69. The van der Waals surface area contributed by atoms with Crippen LogP contribution in [0.2, 0.25) is 0 Å². The van der Waals surface area contributed by atoms with Gasteiger partial charge in [-0.2, -0.15) is 0 Å². The Morgan fingerprint density at radius 1 is 0.600 bits per heavy atom. The summed E-state index contributed by atoms with van der Waals surface area (Å²) in [6.45, 7) is 5.92. The van der Waals surface area contributed by atoms with Crippen LogP contribution in [0.15, 0.2) is 0 Å². The molecule has 0 fully saturated rings. The number of aliphatic hydroxyl groups excluding tert-OH is 2. The van der Waals surface area contributed by atoms with E-state index in [1.807, 2.05) is 0 Å². The molecule has 0 heterocycles. The van der Waals surface area contributed by atoms with Crippen molar-refractivity contribution in [1.29, 1.82) is 0 Å². The number of hydrogen-bond donors (Lipinski definition) is 4. The summed E-state index contributed by atoms with van der Waals surface area (Å²) < 4.78 is 4.69. The van der Waals surface area contributed by atoms with E-state index in [0.717, 1.165) is 44.9 Å². The van der Waals surface area contributed by atoms with Crippen molar-refractivity contribution in [3.8, 4) is 0 Å². The Kier molecular flexibility index (Phi) is 35.0. The van der Waals surface area contributed by atoms with E-state index in [0.29, 0.717) is 19.3 Å². The van der Waals surface area contributed by atoms with Gasteiger partial charge in [-0.1, -0.05) is 97.8 Å². The molecule has 8 nitrogen and oxygen atoms in total. The minimum atomic E-state index is -0.949. The van der Waals surface area contributed by atoms with Crippen molar-refractivity contribution in [2.24, 2.45) is 0 Å². The smallest absolute Gasteiger partial charge is 0.305 e. The van der Waals surface area contributed by atoms with Crippen molar-refractivity contribution >= 4 is 17.9 Å². The van der Waals surface area contributed by atoms with Crippen molar-refractivity contribution in [1.82, 2.24) is 0 Å². The molecule has 210 valence electrons. The van der Waals surface area contributed by atoms with Crippen LogP contribution in [0.1, 0.15) is 136 Å². The number of carboxylic acid groups (broad SMARTS) is 2. The normalized spacial score (nSPS) is 10.9. The number of hydrogen-bond acceptors (Lipinski definition) is 6. The fourth-order valence-corrected chi connectivity index (χ4v) is 2.95. The molecule has 0 aliphatic carbocycles. The van der Waals surface area contributed by atoms with Gasteiger partial charge >= 0.3 is 17.9 Å². The van der Waals surface area contributed by atoms with Crippen LogP contribution >= 0.6 is 0 Å². The molecule has 1 atom stereocenters. The number of ether oxygens (including phenoxy) is 1. The summed E-state index contributed by atoms with van der Waals surface area (Å²) in [5.41, 5.74) is 0. The van der Waals surface area contributed by atoms with Crippen molar-refractivity contribution < 1.29 is 39.5 Å². The maximum absolute atomic E-state index is 10.9. The fourth-order valence-electron chi connectivity index (χ4n) is 2.95. The zero-order chi connectivity index (χ0) is 27.2. The Labute approximate surface area is 213 Å². The first-order valence-corrected chi connectivity index (χ1v) is 13.6. The second-order valence-electron chi connectivity index (χ2n) is 8.80. The predicted molar refractivity (Wildman–Crippen MR) is 139 cm³/mol. The first-order valence-electron chi connectivity index (χ1n) is 13.6. The number of carbonyl (C=O) groups excluding carboxylic acids is 1. The van der Waals surface area contributed by atoms with E-state index in [-0.39, 0.29) is 19.2 Å². The lowest BCUT2D eigenvalue weighted by Crippen LogP contribution is -2.21. The van der Waals surface area contributed by atoms with Crippen molar-refractivity contribution in [3.63, 3.8) is 0 Å². The minimum absolute atomic E-state index is 0.110. The molecule has 0 aromatic carbocycles. The summed E-state index contributed by atoms with van der Waals surface area (Å²) in [7, 11) is 0. The Balaban J connectivity index is -0.000000443. The molecule has 0 aromatic rings. The summed E-state index contributed by atoms with van der Waals surface area (Å²) in [4.78, 5) is 31.1. The standard InChI is InChI=1S/C10H20O2.C9H18O4.C8H16O2/c1-2-3-4-5-6-7-8-9-10(11)12;1-2-3-4-5-9(12)13-7-8(11)6-10;1-2-3-4-5-6-7-8(9)10/h2-9H2,1H3,(H,11,12);8,10-11H,2-7H2,1H3;2-7H2,1H3,(H,9,10). The van der Waals surface area contributed by atoms with Crippen molar-refractivity contribution in [2.75, 3.05) is 13.2 Å². The van der Waals surface area contributed by atoms with Gasteiger partial charge in [0.25, 0.3) is 0 Å². The quantitative estimate of drug-likeness (QED) is 0.108. The maximum Gasteiger partial charge on any atom is 0.305 e. The van der Waals surface area contributed by atoms with Crippen LogP contribution in [-0.4, -0.2) is 57.7 Å². The van der Waals surface area contributed by atoms with E-state index < -0.39 is 18.0 Å². The average molecular weight is 507 g/mol. The molecule has 4 N–H and O–H groups in total. The monoisotopic (exact) mass is 506 g/mol. The fraction of sp³-hybridized carbons (Fsp3) is 0.889. The van der Waals surface area contributed by atoms with Crippen LogP contribution < -0.4 is 0 Å². The second kappa shape index (κ2) is 32.3. The second-order valence-corrected chi connectivity index (χ2v) is 8.80. The Morgan fingerprint density at radius 3 is 1.31 bits per heavy atom. The number of aliphatic carboxylic acids is 2. The SMILES string of the molecule is CCCCCC(=O)OCC(O)CO.CCCCCCCC(=O)O.CCCCCCCCCC(=O)O. The van der Waals surface area contributed by atoms with E-state index in [1.165, 1.54) is 51.4 Å². The number of aliphatic hydroxyl groups is 2. The number of carbonyl (C=O) groups is 3. The molecule has 0 aliphatic heterocycles. The van der Waals surface area contributed by atoms with Crippen LogP contribution in [0.4, 0.5) is 0 Å². The molecule has 35 heavy (non-hydrogen) atoms.